The van der Waals surface area contributed by atoms with Crippen molar-refractivity contribution in [2.75, 3.05) is 11.1 Å². The van der Waals surface area contributed by atoms with E-state index in [1.807, 2.05) is 36.7 Å². The second kappa shape index (κ2) is 4.86. The van der Waals surface area contributed by atoms with Gasteiger partial charge in [-0.25, -0.2) is 4.98 Å². The molecule has 0 radical (unpaired) electrons. The predicted octanol–water partition coefficient (Wildman–Crippen LogP) is 3.03. The highest BCUT2D eigenvalue weighted by Gasteiger charge is 2.63. The summed E-state index contributed by atoms with van der Waals surface area (Å²) in [4.78, 5) is 20.8. The standard InChI is InChI=1S/C18H15N5OS/c1-9-7-25-23-16(9)11-2-10-4-15(20-6-12(10)14(19)3-11)22-17(24)13-5-18(13)8-21-18/h2-4,6-8,13H,5,19H2,1H3,(H,20,22,24)/t13-,18-/m1/s1. The molecule has 124 valence electrons. The first-order valence-corrected chi connectivity index (χ1v) is 8.87. The van der Waals surface area contributed by atoms with Gasteiger partial charge in [-0.2, -0.15) is 4.37 Å². The highest BCUT2D eigenvalue weighted by atomic mass is 32.1. The number of nitrogen functional groups attached to an aromatic ring is 1. The third kappa shape index (κ3) is 2.31. The van der Waals surface area contributed by atoms with Crippen LogP contribution >= 0.6 is 11.5 Å². The van der Waals surface area contributed by atoms with Crippen LogP contribution in [0.25, 0.3) is 22.0 Å². The van der Waals surface area contributed by atoms with Crippen molar-refractivity contribution in [3.05, 3.63) is 35.3 Å². The molecule has 2 atom stereocenters. The predicted molar refractivity (Wildman–Crippen MR) is 100.0 cm³/mol. The van der Waals surface area contributed by atoms with Crippen molar-refractivity contribution in [1.29, 1.82) is 0 Å². The number of carbonyl (C=O) groups is 1. The minimum Gasteiger partial charge on any atom is -0.398 e. The summed E-state index contributed by atoms with van der Waals surface area (Å²) < 4.78 is 4.45. The van der Waals surface area contributed by atoms with E-state index in [9.17, 15) is 4.79 Å². The Kier molecular flexibility index (Phi) is 2.82. The molecule has 1 fully saturated rings. The summed E-state index contributed by atoms with van der Waals surface area (Å²) in [5.74, 6) is 0.467. The molecule has 0 unspecified atom stereocenters. The average Bonchev–Trinajstić information content (AvgIpc) is 3.48. The summed E-state index contributed by atoms with van der Waals surface area (Å²) in [6.45, 7) is 2.03. The molecular weight excluding hydrogens is 334 g/mol. The normalized spacial score (nSPS) is 23.2. The number of hydrogen-bond acceptors (Lipinski definition) is 6. The van der Waals surface area contributed by atoms with Gasteiger partial charge in [0, 0.05) is 34.4 Å². The summed E-state index contributed by atoms with van der Waals surface area (Å²) in [5, 5.41) is 6.70. The van der Waals surface area contributed by atoms with Gasteiger partial charge in [-0.3, -0.25) is 9.79 Å². The number of rotatable bonds is 3. The zero-order valence-electron chi connectivity index (χ0n) is 13.5. The van der Waals surface area contributed by atoms with E-state index in [1.165, 1.54) is 11.5 Å². The van der Waals surface area contributed by atoms with Gasteiger partial charge >= 0.3 is 0 Å². The van der Waals surface area contributed by atoms with Crippen LogP contribution in [-0.4, -0.2) is 27.0 Å². The van der Waals surface area contributed by atoms with E-state index in [0.29, 0.717) is 11.5 Å². The molecule has 3 heterocycles. The maximum Gasteiger partial charge on any atom is 0.231 e. The quantitative estimate of drug-likeness (QED) is 0.711. The Hall–Kier alpha value is -2.80. The van der Waals surface area contributed by atoms with Crippen molar-refractivity contribution in [3.8, 4) is 11.3 Å². The highest BCUT2D eigenvalue weighted by molar-refractivity contribution is 7.04. The van der Waals surface area contributed by atoms with Gasteiger partial charge in [0.15, 0.2) is 0 Å². The first-order chi connectivity index (χ1) is 12.1. The van der Waals surface area contributed by atoms with Crippen molar-refractivity contribution in [2.45, 2.75) is 18.9 Å². The van der Waals surface area contributed by atoms with Crippen LogP contribution in [0.3, 0.4) is 0 Å². The number of nitrogens with zero attached hydrogens (tertiary/aromatic N) is 3. The maximum atomic E-state index is 12.3. The molecule has 3 N–H and O–H groups in total. The molecule has 1 aliphatic heterocycles. The van der Waals surface area contributed by atoms with Gasteiger partial charge in [-0.15, -0.1) is 0 Å². The molecule has 1 amide bonds. The Labute approximate surface area is 148 Å². The maximum absolute atomic E-state index is 12.3. The molecule has 0 saturated heterocycles. The lowest BCUT2D eigenvalue weighted by Gasteiger charge is -2.09. The molecule has 1 saturated carbocycles. The molecule has 2 aromatic heterocycles. The number of fused-ring (bicyclic) bond motifs is 1. The Morgan fingerprint density at radius 1 is 1.40 bits per heavy atom. The molecule has 2 aliphatic rings. The number of aromatic nitrogens is 2. The molecular formula is C18H15N5OS. The monoisotopic (exact) mass is 349 g/mol. The fourth-order valence-corrected chi connectivity index (χ4v) is 3.90. The number of anilines is 2. The molecule has 0 bridgehead atoms. The zero-order chi connectivity index (χ0) is 17.2. The Morgan fingerprint density at radius 2 is 2.24 bits per heavy atom. The lowest BCUT2D eigenvalue weighted by atomic mass is 10.0. The smallest absolute Gasteiger partial charge is 0.231 e. The molecule has 6 nitrogen and oxygen atoms in total. The van der Waals surface area contributed by atoms with E-state index in [4.69, 9.17) is 5.73 Å². The third-order valence-corrected chi connectivity index (χ3v) is 5.64. The number of pyridine rings is 1. The van der Waals surface area contributed by atoms with E-state index < -0.39 is 0 Å². The van der Waals surface area contributed by atoms with E-state index in [-0.39, 0.29) is 17.4 Å². The second-order valence-corrected chi connectivity index (χ2v) is 7.33. The lowest BCUT2D eigenvalue weighted by Crippen LogP contribution is -2.17. The number of carbonyl (C=O) groups excluding carboxylic acids is 1. The van der Waals surface area contributed by atoms with Gasteiger partial charge in [-0.1, -0.05) is 0 Å². The van der Waals surface area contributed by atoms with Crippen molar-refractivity contribution in [2.24, 2.45) is 10.9 Å². The fourth-order valence-electron chi connectivity index (χ4n) is 3.23. The number of aryl methyl sites for hydroxylation is 1. The number of nitrogens with two attached hydrogens (primary N) is 1. The lowest BCUT2D eigenvalue weighted by molar-refractivity contribution is -0.117. The Balaban J connectivity index is 1.50. The Morgan fingerprint density at radius 3 is 2.92 bits per heavy atom. The SMILES string of the molecule is Cc1csnc1-c1cc(N)c2cnc(NC(=O)[C@H]3C[C@@]34C=N4)cc2c1. The molecule has 7 heteroatoms. The summed E-state index contributed by atoms with van der Waals surface area (Å²) in [5.41, 5.74) is 9.73. The van der Waals surface area contributed by atoms with E-state index in [1.54, 1.807) is 6.20 Å². The second-order valence-electron chi connectivity index (χ2n) is 6.70. The average molecular weight is 349 g/mol. The van der Waals surface area contributed by atoms with Crippen LogP contribution in [0.5, 0.6) is 0 Å². The van der Waals surface area contributed by atoms with Gasteiger partial charge in [0.1, 0.15) is 11.4 Å². The zero-order valence-corrected chi connectivity index (χ0v) is 14.3. The minimum atomic E-state index is -0.152. The van der Waals surface area contributed by atoms with Gasteiger partial charge in [-0.05, 0) is 54.0 Å². The van der Waals surface area contributed by atoms with Crippen molar-refractivity contribution in [3.63, 3.8) is 0 Å². The summed E-state index contributed by atoms with van der Waals surface area (Å²) in [6, 6.07) is 5.81. The topological polar surface area (TPSA) is 93.3 Å². The fraction of sp³-hybridized carbons (Fsp3) is 0.222. The third-order valence-electron chi connectivity index (χ3n) is 4.89. The van der Waals surface area contributed by atoms with Crippen LogP contribution < -0.4 is 11.1 Å². The molecule has 3 aromatic rings. The van der Waals surface area contributed by atoms with E-state index in [0.717, 1.165) is 34.0 Å². The first kappa shape index (κ1) is 14.5. The van der Waals surface area contributed by atoms with E-state index in [2.05, 4.69) is 19.7 Å². The van der Waals surface area contributed by atoms with Crippen LogP contribution in [-0.2, 0) is 4.79 Å². The molecule has 25 heavy (non-hydrogen) atoms. The number of nitrogens with one attached hydrogen (secondary N) is 1. The van der Waals surface area contributed by atoms with Crippen LogP contribution in [0.15, 0.2) is 34.8 Å². The highest BCUT2D eigenvalue weighted by Crippen LogP contribution is 2.53. The summed E-state index contributed by atoms with van der Waals surface area (Å²) in [6.07, 6.45) is 4.37. The van der Waals surface area contributed by atoms with Crippen LogP contribution in [0.4, 0.5) is 11.5 Å². The van der Waals surface area contributed by atoms with Gasteiger partial charge in [0.25, 0.3) is 0 Å². The van der Waals surface area contributed by atoms with Crippen molar-refractivity contribution >= 4 is 45.9 Å². The number of hydrogen-bond donors (Lipinski definition) is 2. The molecule has 5 rings (SSSR count). The van der Waals surface area contributed by atoms with Gasteiger partial charge < -0.3 is 11.1 Å². The summed E-state index contributed by atoms with van der Waals surface area (Å²) in [7, 11) is 0. The molecule has 1 aliphatic carbocycles. The van der Waals surface area contributed by atoms with Crippen LogP contribution in [0.1, 0.15) is 12.0 Å². The Bertz CT molecular complexity index is 1060. The molecule has 1 spiro atoms. The van der Waals surface area contributed by atoms with Gasteiger partial charge in [0.05, 0.1) is 11.6 Å². The van der Waals surface area contributed by atoms with Crippen molar-refractivity contribution < 1.29 is 4.79 Å². The first-order valence-electron chi connectivity index (χ1n) is 8.04. The number of aliphatic imine (C=N–C) groups is 1. The molecule has 1 aromatic carbocycles. The number of benzene rings is 1. The largest absolute Gasteiger partial charge is 0.398 e. The summed E-state index contributed by atoms with van der Waals surface area (Å²) >= 11 is 1.43. The van der Waals surface area contributed by atoms with Gasteiger partial charge in [0.2, 0.25) is 5.91 Å². The number of amides is 1. The van der Waals surface area contributed by atoms with Crippen molar-refractivity contribution in [1.82, 2.24) is 9.36 Å². The van der Waals surface area contributed by atoms with Crippen LogP contribution in [0, 0.1) is 12.8 Å². The van der Waals surface area contributed by atoms with Crippen LogP contribution in [0.2, 0.25) is 0 Å². The minimum absolute atomic E-state index is 0.0242. The van der Waals surface area contributed by atoms with E-state index >= 15 is 0 Å².